The van der Waals surface area contributed by atoms with Gasteiger partial charge in [-0.2, -0.15) is 20.8 Å². The molecule has 0 aromatic carbocycles. The summed E-state index contributed by atoms with van der Waals surface area (Å²) in [5.74, 6) is 1.42. The number of aliphatic hydroxyl groups excluding tert-OH is 1. The molecule has 0 aromatic heterocycles. The van der Waals surface area contributed by atoms with Gasteiger partial charge in [-0.3, -0.25) is 0 Å². The molecular weight excluding hydrogens is 135 g/mol. The molecule has 0 aliphatic heterocycles. The molecule has 1 nitrogen and oxygen atoms in total. The smallest absolute Gasteiger partial charge is 0.396 e. The third kappa shape index (κ3) is 64.8. The van der Waals surface area contributed by atoms with Crippen LogP contribution in [-0.4, -0.2) is 11.7 Å². The molecule has 0 fully saturated rings. The molecule has 0 radical (unpaired) electrons. The first kappa shape index (κ1) is 17.2. The standard InChI is InChI=1S/C4H10O.C4H9.Na/c1-2-3-4-5;1-4(2)3;/h5H,2-4H2,1H3;1-3H3;/q;-1;+1. The van der Waals surface area contributed by atoms with Gasteiger partial charge >= 0.3 is 29.6 Å². The zero-order chi connectivity index (χ0) is 7.70. The quantitative estimate of drug-likeness (QED) is 0.416. The number of rotatable bonds is 2. The van der Waals surface area contributed by atoms with Crippen molar-refractivity contribution in [3.05, 3.63) is 5.92 Å². The van der Waals surface area contributed by atoms with Crippen molar-refractivity contribution in [1.29, 1.82) is 0 Å². The van der Waals surface area contributed by atoms with Crippen molar-refractivity contribution in [1.82, 2.24) is 0 Å². The van der Waals surface area contributed by atoms with Gasteiger partial charge in [0.25, 0.3) is 0 Å². The molecule has 0 atom stereocenters. The maximum atomic E-state index is 8.07. The fourth-order valence-corrected chi connectivity index (χ4v) is 0.158. The van der Waals surface area contributed by atoms with Crippen LogP contribution in [0.15, 0.2) is 0 Å². The van der Waals surface area contributed by atoms with Gasteiger partial charge in [0.2, 0.25) is 0 Å². The van der Waals surface area contributed by atoms with E-state index in [-0.39, 0.29) is 29.6 Å². The second kappa shape index (κ2) is 16.5. The number of aliphatic hydroxyl groups is 1. The van der Waals surface area contributed by atoms with E-state index in [1.54, 1.807) is 0 Å². The van der Waals surface area contributed by atoms with Crippen LogP contribution in [0.25, 0.3) is 0 Å². The van der Waals surface area contributed by atoms with Gasteiger partial charge in [0.1, 0.15) is 0 Å². The minimum Gasteiger partial charge on any atom is -0.396 e. The molecular formula is C8H19NaO. The van der Waals surface area contributed by atoms with Crippen LogP contribution in [0.5, 0.6) is 0 Å². The Labute approximate surface area is 87.5 Å². The summed E-state index contributed by atoms with van der Waals surface area (Å²) >= 11 is 0. The van der Waals surface area contributed by atoms with Crippen LogP contribution in [0.1, 0.15) is 40.5 Å². The van der Waals surface area contributed by atoms with E-state index in [0.717, 1.165) is 12.8 Å². The van der Waals surface area contributed by atoms with E-state index < -0.39 is 0 Å². The van der Waals surface area contributed by atoms with Gasteiger partial charge in [-0.25, -0.2) is 0 Å². The van der Waals surface area contributed by atoms with Gasteiger partial charge in [-0.05, 0) is 6.42 Å². The summed E-state index contributed by atoms with van der Waals surface area (Å²) in [7, 11) is 0. The van der Waals surface area contributed by atoms with Gasteiger partial charge in [0, 0.05) is 6.61 Å². The SMILES string of the molecule is CCCCO.C[C-](C)C.[Na+]. The molecule has 1 N–H and O–H groups in total. The average molecular weight is 154 g/mol. The molecule has 58 valence electrons. The van der Waals surface area contributed by atoms with Crippen LogP contribution < -0.4 is 29.6 Å². The molecule has 0 saturated carbocycles. The van der Waals surface area contributed by atoms with Crippen molar-refractivity contribution >= 4 is 0 Å². The monoisotopic (exact) mass is 154 g/mol. The van der Waals surface area contributed by atoms with Gasteiger partial charge in [0.15, 0.2) is 0 Å². The molecule has 2 heteroatoms. The molecule has 0 spiro atoms. The maximum absolute atomic E-state index is 8.07. The van der Waals surface area contributed by atoms with Crippen LogP contribution >= 0.6 is 0 Å². The fourth-order valence-electron chi connectivity index (χ4n) is 0.158. The number of unbranched alkanes of at least 4 members (excludes halogenated alkanes) is 1. The summed E-state index contributed by atoms with van der Waals surface area (Å²) in [6.45, 7) is 8.65. The maximum Gasteiger partial charge on any atom is 1.00 e. The Balaban J connectivity index is -0.0000000910. The first-order valence-electron chi connectivity index (χ1n) is 3.52. The topological polar surface area (TPSA) is 20.2 Å². The van der Waals surface area contributed by atoms with E-state index in [4.69, 9.17) is 5.11 Å². The Morgan fingerprint density at radius 1 is 1.20 bits per heavy atom. The van der Waals surface area contributed by atoms with E-state index in [9.17, 15) is 0 Å². The molecule has 0 saturated heterocycles. The Bertz CT molecular complexity index is 33.5. The molecule has 0 heterocycles. The van der Waals surface area contributed by atoms with Gasteiger partial charge in [-0.15, -0.1) is 0 Å². The Hall–Kier alpha value is 0.960. The predicted molar refractivity (Wildman–Crippen MR) is 42.3 cm³/mol. The van der Waals surface area contributed by atoms with E-state index in [1.165, 1.54) is 5.92 Å². The number of hydrogen-bond acceptors (Lipinski definition) is 1. The first-order valence-corrected chi connectivity index (χ1v) is 3.52. The summed E-state index contributed by atoms with van der Waals surface area (Å²) in [6, 6.07) is 0. The van der Waals surface area contributed by atoms with Crippen molar-refractivity contribution in [2.24, 2.45) is 0 Å². The minimum atomic E-state index is 0. The van der Waals surface area contributed by atoms with Crippen molar-refractivity contribution in [2.75, 3.05) is 6.61 Å². The molecule has 0 aliphatic carbocycles. The second-order valence-corrected chi connectivity index (χ2v) is 2.58. The first-order chi connectivity index (χ1) is 4.15. The Morgan fingerprint density at radius 2 is 1.50 bits per heavy atom. The molecule has 10 heavy (non-hydrogen) atoms. The summed E-state index contributed by atoms with van der Waals surface area (Å²) in [5, 5.41) is 8.07. The zero-order valence-electron chi connectivity index (χ0n) is 8.07. The zero-order valence-corrected chi connectivity index (χ0v) is 10.1. The van der Waals surface area contributed by atoms with Crippen molar-refractivity contribution in [3.63, 3.8) is 0 Å². The summed E-state index contributed by atoms with van der Waals surface area (Å²) < 4.78 is 0. The van der Waals surface area contributed by atoms with Crippen LogP contribution in [0.3, 0.4) is 0 Å². The Morgan fingerprint density at radius 3 is 1.50 bits per heavy atom. The van der Waals surface area contributed by atoms with E-state index in [2.05, 4.69) is 27.7 Å². The molecule has 0 aromatic rings. The summed E-state index contributed by atoms with van der Waals surface area (Å²) in [5.41, 5.74) is 0. The minimum absolute atomic E-state index is 0. The van der Waals surface area contributed by atoms with E-state index in [1.807, 2.05) is 0 Å². The van der Waals surface area contributed by atoms with Gasteiger partial charge in [-0.1, -0.05) is 13.3 Å². The largest absolute Gasteiger partial charge is 1.00 e. The van der Waals surface area contributed by atoms with Gasteiger partial charge < -0.3 is 11.0 Å². The Kier molecular flexibility index (Phi) is 28.3. The molecule has 0 unspecified atom stereocenters. The van der Waals surface area contributed by atoms with Gasteiger partial charge in [0.05, 0.1) is 0 Å². The molecule has 0 rings (SSSR count). The van der Waals surface area contributed by atoms with E-state index in [0.29, 0.717) is 6.61 Å². The number of hydrogen-bond donors (Lipinski definition) is 1. The average Bonchev–Trinajstić information content (AvgIpc) is 1.66. The fraction of sp³-hybridized carbons (Fsp3) is 0.875. The van der Waals surface area contributed by atoms with Crippen LogP contribution in [0.2, 0.25) is 0 Å². The predicted octanol–water partition coefficient (Wildman–Crippen LogP) is -0.597. The summed E-state index contributed by atoms with van der Waals surface area (Å²) in [6.07, 6.45) is 2.04. The molecule has 0 bridgehead atoms. The summed E-state index contributed by atoms with van der Waals surface area (Å²) in [4.78, 5) is 0. The van der Waals surface area contributed by atoms with Crippen molar-refractivity contribution in [3.8, 4) is 0 Å². The van der Waals surface area contributed by atoms with Crippen molar-refractivity contribution < 1.29 is 34.7 Å². The molecule has 0 aliphatic rings. The van der Waals surface area contributed by atoms with Crippen LogP contribution in [0.4, 0.5) is 0 Å². The van der Waals surface area contributed by atoms with Crippen LogP contribution in [-0.2, 0) is 0 Å². The van der Waals surface area contributed by atoms with Crippen molar-refractivity contribution in [2.45, 2.75) is 40.5 Å². The molecule has 0 amide bonds. The normalized spacial score (nSPS) is 7.80. The third-order valence-electron chi connectivity index (χ3n) is 0.512. The van der Waals surface area contributed by atoms with Crippen LogP contribution in [0, 0.1) is 5.92 Å². The second-order valence-electron chi connectivity index (χ2n) is 2.58. The van der Waals surface area contributed by atoms with E-state index >= 15 is 0 Å². The third-order valence-corrected chi connectivity index (χ3v) is 0.512.